The monoisotopic (exact) mass is 393 g/mol. The predicted octanol–water partition coefficient (Wildman–Crippen LogP) is 3.44. The molecule has 0 amide bonds. The minimum absolute atomic E-state index is 0.0563. The number of rotatable bonds is 5. The molecule has 0 radical (unpaired) electrons. The summed E-state index contributed by atoms with van der Waals surface area (Å²) in [5, 5.41) is 10.7. The van der Waals surface area contributed by atoms with Crippen molar-refractivity contribution in [3.05, 3.63) is 102 Å². The lowest BCUT2D eigenvalue weighted by Crippen LogP contribution is -2.46. The van der Waals surface area contributed by atoms with Crippen molar-refractivity contribution in [2.75, 3.05) is 16.4 Å². The van der Waals surface area contributed by atoms with Gasteiger partial charge in [0.15, 0.2) is 9.84 Å². The van der Waals surface area contributed by atoms with Gasteiger partial charge in [0.25, 0.3) is 0 Å². The zero-order valence-corrected chi connectivity index (χ0v) is 16.2. The van der Waals surface area contributed by atoms with Gasteiger partial charge in [0.05, 0.1) is 29.7 Å². The summed E-state index contributed by atoms with van der Waals surface area (Å²) in [5.74, 6) is -0.253. The molecule has 4 rings (SSSR count). The highest BCUT2D eigenvalue weighted by Gasteiger charge is 2.43. The molecule has 28 heavy (non-hydrogen) atoms. The van der Waals surface area contributed by atoms with Crippen LogP contribution in [-0.4, -0.2) is 37.2 Å². The van der Waals surface area contributed by atoms with E-state index < -0.39 is 22.0 Å². The Balaban J connectivity index is 1.90. The summed E-state index contributed by atoms with van der Waals surface area (Å²) in [6, 6.07) is 29.1. The highest BCUT2D eigenvalue weighted by atomic mass is 32.2. The lowest BCUT2D eigenvalue weighted by atomic mass is 9.94. The van der Waals surface area contributed by atoms with Gasteiger partial charge in [-0.25, -0.2) is 8.42 Å². The highest BCUT2D eigenvalue weighted by Crippen LogP contribution is 2.37. The Labute approximate surface area is 166 Å². The van der Waals surface area contributed by atoms with E-state index >= 15 is 0 Å². The first-order valence-electron chi connectivity index (χ1n) is 9.37. The SMILES string of the molecule is O=S1(=O)C[C@@H](O)[C@H](N(c2ccccc2)C(c2ccccc2)c2ccccc2)C1. The van der Waals surface area contributed by atoms with Crippen LogP contribution in [0.25, 0.3) is 0 Å². The normalized spacial score (nSPS) is 20.9. The number of aliphatic hydroxyl groups excluding tert-OH is 1. The van der Waals surface area contributed by atoms with E-state index in [9.17, 15) is 13.5 Å². The van der Waals surface area contributed by atoms with Crippen molar-refractivity contribution in [2.45, 2.75) is 18.2 Å². The standard InChI is InChI=1S/C23H23NO3S/c25-22-17-28(26,27)16-21(22)24(20-14-8-3-9-15-20)23(18-10-4-1-5-11-18)19-12-6-2-7-13-19/h1-15,21-23,25H,16-17H2/t21-,22-/m1/s1. The molecule has 0 unspecified atom stereocenters. The van der Waals surface area contributed by atoms with Crippen LogP contribution in [0, 0.1) is 0 Å². The molecule has 3 aromatic carbocycles. The second kappa shape index (κ2) is 7.78. The van der Waals surface area contributed by atoms with Crippen LogP contribution >= 0.6 is 0 Å². The summed E-state index contributed by atoms with van der Waals surface area (Å²) in [6.45, 7) is 0. The van der Waals surface area contributed by atoms with Crippen LogP contribution in [0.15, 0.2) is 91.0 Å². The zero-order chi connectivity index (χ0) is 19.6. The third-order valence-electron chi connectivity index (χ3n) is 5.21. The molecule has 1 fully saturated rings. The van der Waals surface area contributed by atoms with E-state index in [-0.39, 0.29) is 17.5 Å². The van der Waals surface area contributed by atoms with Gasteiger partial charge in [-0.2, -0.15) is 0 Å². The van der Waals surface area contributed by atoms with Gasteiger partial charge in [-0.3, -0.25) is 0 Å². The summed E-state index contributed by atoms with van der Waals surface area (Å²) in [6.07, 6.45) is -0.930. The summed E-state index contributed by atoms with van der Waals surface area (Å²) >= 11 is 0. The number of para-hydroxylation sites is 1. The number of hydrogen-bond donors (Lipinski definition) is 1. The minimum atomic E-state index is -3.29. The van der Waals surface area contributed by atoms with E-state index in [0.717, 1.165) is 16.8 Å². The number of sulfone groups is 1. The Morgan fingerprint density at radius 3 is 1.64 bits per heavy atom. The Morgan fingerprint density at radius 1 is 0.750 bits per heavy atom. The van der Waals surface area contributed by atoms with Crippen molar-refractivity contribution in [2.24, 2.45) is 0 Å². The first-order chi connectivity index (χ1) is 13.6. The molecule has 0 spiro atoms. The van der Waals surface area contributed by atoms with Crippen molar-refractivity contribution >= 4 is 15.5 Å². The van der Waals surface area contributed by atoms with E-state index in [4.69, 9.17) is 0 Å². The van der Waals surface area contributed by atoms with E-state index in [1.807, 2.05) is 91.0 Å². The molecule has 1 heterocycles. The van der Waals surface area contributed by atoms with Gasteiger partial charge in [-0.05, 0) is 23.3 Å². The average Bonchev–Trinajstić information content (AvgIpc) is 3.00. The Kier molecular flexibility index (Phi) is 5.20. The van der Waals surface area contributed by atoms with Gasteiger partial charge < -0.3 is 10.0 Å². The van der Waals surface area contributed by atoms with Gasteiger partial charge in [0.2, 0.25) is 0 Å². The van der Waals surface area contributed by atoms with Crippen LogP contribution in [0.5, 0.6) is 0 Å². The molecule has 0 bridgehead atoms. The van der Waals surface area contributed by atoms with E-state index in [0.29, 0.717) is 0 Å². The first-order valence-corrected chi connectivity index (χ1v) is 11.2. The van der Waals surface area contributed by atoms with E-state index in [2.05, 4.69) is 4.90 Å². The van der Waals surface area contributed by atoms with Crippen LogP contribution in [-0.2, 0) is 9.84 Å². The molecule has 1 aliphatic heterocycles. The van der Waals surface area contributed by atoms with Crippen molar-refractivity contribution < 1.29 is 13.5 Å². The quantitative estimate of drug-likeness (QED) is 0.721. The number of anilines is 1. The number of hydrogen-bond acceptors (Lipinski definition) is 4. The molecule has 1 aliphatic rings. The van der Waals surface area contributed by atoms with Crippen molar-refractivity contribution in [1.82, 2.24) is 0 Å². The van der Waals surface area contributed by atoms with Crippen molar-refractivity contribution in [3.63, 3.8) is 0 Å². The average molecular weight is 394 g/mol. The van der Waals surface area contributed by atoms with Crippen molar-refractivity contribution in [1.29, 1.82) is 0 Å². The summed E-state index contributed by atoms with van der Waals surface area (Å²) < 4.78 is 24.6. The molecule has 3 aromatic rings. The van der Waals surface area contributed by atoms with E-state index in [1.165, 1.54) is 0 Å². The summed E-state index contributed by atoms with van der Waals surface area (Å²) in [7, 11) is -3.29. The van der Waals surface area contributed by atoms with Gasteiger partial charge >= 0.3 is 0 Å². The Bertz CT molecular complexity index is 968. The fourth-order valence-corrected chi connectivity index (χ4v) is 5.77. The van der Waals surface area contributed by atoms with Gasteiger partial charge in [0.1, 0.15) is 0 Å². The molecular formula is C23H23NO3S. The number of benzene rings is 3. The minimum Gasteiger partial charge on any atom is -0.390 e. The molecule has 4 nitrogen and oxygen atoms in total. The van der Waals surface area contributed by atoms with Crippen LogP contribution in [0.2, 0.25) is 0 Å². The van der Waals surface area contributed by atoms with Gasteiger partial charge in [0, 0.05) is 5.69 Å². The lowest BCUT2D eigenvalue weighted by Gasteiger charge is -2.40. The second-order valence-electron chi connectivity index (χ2n) is 7.18. The molecule has 0 saturated carbocycles. The maximum absolute atomic E-state index is 12.3. The fourth-order valence-electron chi connectivity index (χ4n) is 3.99. The van der Waals surface area contributed by atoms with Crippen molar-refractivity contribution in [3.8, 4) is 0 Å². The molecule has 2 atom stereocenters. The molecular weight excluding hydrogens is 370 g/mol. The first kappa shape index (κ1) is 18.7. The maximum atomic E-state index is 12.3. The molecule has 0 aliphatic carbocycles. The molecule has 0 aromatic heterocycles. The fraction of sp³-hybridized carbons (Fsp3) is 0.217. The Hall–Kier alpha value is -2.63. The predicted molar refractivity (Wildman–Crippen MR) is 112 cm³/mol. The molecule has 5 heteroatoms. The smallest absolute Gasteiger partial charge is 0.155 e. The van der Waals surface area contributed by atoms with E-state index in [1.54, 1.807) is 0 Å². The zero-order valence-electron chi connectivity index (χ0n) is 15.4. The summed E-state index contributed by atoms with van der Waals surface area (Å²) in [5.41, 5.74) is 2.99. The van der Waals surface area contributed by atoms with Gasteiger partial charge in [-0.15, -0.1) is 0 Å². The maximum Gasteiger partial charge on any atom is 0.155 e. The highest BCUT2D eigenvalue weighted by molar-refractivity contribution is 7.91. The largest absolute Gasteiger partial charge is 0.390 e. The topological polar surface area (TPSA) is 57.6 Å². The molecule has 1 saturated heterocycles. The van der Waals surface area contributed by atoms with Gasteiger partial charge in [-0.1, -0.05) is 78.9 Å². The van der Waals surface area contributed by atoms with Crippen LogP contribution < -0.4 is 4.90 Å². The van der Waals surface area contributed by atoms with Crippen LogP contribution in [0.4, 0.5) is 5.69 Å². The third-order valence-corrected chi connectivity index (χ3v) is 6.91. The second-order valence-corrected chi connectivity index (χ2v) is 9.33. The lowest BCUT2D eigenvalue weighted by molar-refractivity contribution is 0.175. The Morgan fingerprint density at radius 2 is 1.21 bits per heavy atom. The number of nitrogens with zero attached hydrogens (tertiary/aromatic N) is 1. The van der Waals surface area contributed by atoms with Crippen LogP contribution in [0.1, 0.15) is 17.2 Å². The molecule has 144 valence electrons. The summed E-state index contributed by atoms with van der Waals surface area (Å²) in [4.78, 5) is 2.07. The number of aliphatic hydroxyl groups is 1. The molecule has 1 N–H and O–H groups in total. The third kappa shape index (κ3) is 3.81. The van der Waals surface area contributed by atoms with Crippen LogP contribution in [0.3, 0.4) is 0 Å².